The first kappa shape index (κ1) is 17.8. The zero-order valence-corrected chi connectivity index (χ0v) is 14.9. The second-order valence-corrected chi connectivity index (χ2v) is 8.18. The summed E-state index contributed by atoms with van der Waals surface area (Å²) in [5, 5.41) is 2.04. The van der Waals surface area contributed by atoms with Crippen LogP contribution >= 0.6 is 11.3 Å². The van der Waals surface area contributed by atoms with Crippen LogP contribution in [0.4, 0.5) is 0 Å². The number of nitrogens with one attached hydrogen (secondary N) is 2. The molecule has 1 aromatic heterocycles. The van der Waals surface area contributed by atoms with E-state index in [-0.39, 0.29) is 6.04 Å². The summed E-state index contributed by atoms with van der Waals surface area (Å²) in [4.78, 5) is 5.88. The van der Waals surface area contributed by atoms with Gasteiger partial charge in [0, 0.05) is 44.1 Å². The molecule has 1 aliphatic rings. The van der Waals surface area contributed by atoms with Gasteiger partial charge in [-0.15, -0.1) is 11.3 Å². The maximum absolute atomic E-state index is 12.0. The Balaban J connectivity index is 2.00. The lowest BCUT2D eigenvalue weighted by molar-refractivity contribution is 0.114. The molecule has 2 heterocycles. The van der Waals surface area contributed by atoms with Gasteiger partial charge in [-0.25, -0.2) is 9.44 Å². The molecule has 0 bridgehead atoms. The molecule has 22 heavy (non-hydrogen) atoms. The van der Waals surface area contributed by atoms with Gasteiger partial charge < -0.3 is 4.90 Å². The van der Waals surface area contributed by atoms with Crippen molar-refractivity contribution in [3.05, 3.63) is 22.4 Å². The van der Waals surface area contributed by atoms with Gasteiger partial charge >= 0.3 is 0 Å². The lowest BCUT2D eigenvalue weighted by Crippen LogP contribution is -2.49. The summed E-state index contributed by atoms with van der Waals surface area (Å²) >= 11 is 1.68. The molecule has 1 aliphatic heterocycles. The van der Waals surface area contributed by atoms with Crippen LogP contribution in [0.5, 0.6) is 0 Å². The third-order valence-electron chi connectivity index (χ3n) is 3.86. The normalized spacial score (nSPS) is 19.4. The van der Waals surface area contributed by atoms with Crippen LogP contribution in [0.15, 0.2) is 17.5 Å². The van der Waals surface area contributed by atoms with E-state index in [1.807, 2.05) is 18.4 Å². The van der Waals surface area contributed by atoms with E-state index in [1.165, 1.54) is 4.88 Å². The van der Waals surface area contributed by atoms with Crippen LogP contribution in [0.2, 0.25) is 0 Å². The molecule has 2 N–H and O–H groups in total. The molecule has 1 saturated heterocycles. The number of thiophene rings is 1. The van der Waals surface area contributed by atoms with Gasteiger partial charge in [0.1, 0.15) is 0 Å². The Hall–Kier alpha value is -0.510. The summed E-state index contributed by atoms with van der Waals surface area (Å²) in [7, 11) is -1.29. The molecule has 2 rings (SSSR count). The molecule has 0 aromatic carbocycles. The van der Waals surface area contributed by atoms with E-state index in [9.17, 15) is 8.42 Å². The van der Waals surface area contributed by atoms with Crippen molar-refractivity contribution in [1.29, 1.82) is 0 Å². The predicted octanol–water partition coefficient (Wildman–Crippen LogP) is 0.871. The number of hydrogen-bond acceptors (Lipinski definition) is 5. The zero-order valence-electron chi connectivity index (χ0n) is 13.3. The van der Waals surface area contributed by atoms with Crippen molar-refractivity contribution in [3.8, 4) is 0 Å². The fraction of sp³-hybridized carbons (Fsp3) is 0.714. The van der Waals surface area contributed by atoms with E-state index in [1.54, 1.807) is 11.3 Å². The third-order valence-corrected chi connectivity index (χ3v) is 5.96. The van der Waals surface area contributed by atoms with Gasteiger partial charge in [-0.05, 0) is 24.9 Å². The molecule has 1 aromatic rings. The molecule has 6 nitrogen and oxygen atoms in total. The van der Waals surface area contributed by atoms with E-state index < -0.39 is 10.2 Å². The molecule has 0 aliphatic carbocycles. The van der Waals surface area contributed by atoms with Crippen LogP contribution in [-0.2, 0) is 10.2 Å². The summed E-state index contributed by atoms with van der Waals surface area (Å²) < 4.78 is 29.2. The second kappa shape index (κ2) is 8.37. The highest BCUT2D eigenvalue weighted by molar-refractivity contribution is 7.87. The van der Waals surface area contributed by atoms with Gasteiger partial charge in [-0.2, -0.15) is 8.42 Å². The molecule has 0 amide bonds. The van der Waals surface area contributed by atoms with Crippen molar-refractivity contribution in [2.45, 2.75) is 19.4 Å². The van der Waals surface area contributed by atoms with E-state index >= 15 is 0 Å². The Morgan fingerprint density at radius 1 is 1.27 bits per heavy atom. The Bertz CT molecular complexity index is 525. The fourth-order valence-electron chi connectivity index (χ4n) is 2.50. The van der Waals surface area contributed by atoms with Crippen molar-refractivity contribution in [2.75, 3.05) is 46.3 Å². The lowest BCUT2D eigenvalue weighted by atomic mass is 10.2. The number of rotatable bonds is 8. The van der Waals surface area contributed by atoms with Crippen LogP contribution in [0.3, 0.4) is 0 Å². The fourth-order valence-corrected chi connectivity index (χ4v) is 4.31. The molecule has 0 spiro atoms. The Labute approximate surface area is 137 Å². The second-order valence-electron chi connectivity index (χ2n) is 5.62. The largest absolute Gasteiger partial charge is 0.304 e. The van der Waals surface area contributed by atoms with Gasteiger partial charge in [0.25, 0.3) is 10.2 Å². The van der Waals surface area contributed by atoms with E-state index in [4.69, 9.17) is 0 Å². The van der Waals surface area contributed by atoms with Crippen LogP contribution in [-0.4, -0.2) is 64.5 Å². The monoisotopic (exact) mass is 346 g/mol. The molecule has 1 fully saturated rings. The molecule has 0 saturated carbocycles. The van der Waals surface area contributed by atoms with Crippen molar-refractivity contribution >= 4 is 21.5 Å². The first-order valence-electron chi connectivity index (χ1n) is 7.72. The molecular formula is C14H26N4O2S2. The first-order valence-corrected chi connectivity index (χ1v) is 10.1. The Morgan fingerprint density at radius 2 is 2.00 bits per heavy atom. The summed E-state index contributed by atoms with van der Waals surface area (Å²) in [6.07, 6.45) is 0.785. The molecule has 8 heteroatoms. The first-order chi connectivity index (χ1) is 10.5. The lowest BCUT2D eigenvalue weighted by Gasteiger charge is -2.37. The minimum absolute atomic E-state index is 0.104. The standard InChI is InChI=1S/C14H26N4O2S2/c1-3-6-15-22(19,20)16-12-13(14-5-4-11-21-14)18-9-7-17(2)8-10-18/h4-5,11,13,15-16H,3,6-10,12H2,1-2H3. The maximum Gasteiger partial charge on any atom is 0.276 e. The molecule has 1 atom stereocenters. The van der Waals surface area contributed by atoms with E-state index in [0.29, 0.717) is 13.1 Å². The summed E-state index contributed by atoms with van der Waals surface area (Å²) in [6, 6.07) is 4.21. The molecule has 1 unspecified atom stereocenters. The minimum Gasteiger partial charge on any atom is -0.304 e. The van der Waals surface area contributed by atoms with Crippen LogP contribution in [0.25, 0.3) is 0 Å². The van der Waals surface area contributed by atoms with Crippen molar-refractivity contribution < 1.29 is 8.42 Å². The van der Waals surface area contributed by atoms with Crippen molar-refractivity contribution in [1.82, 2.24) is 19.2 Å². The van der Waals surface area contributed by atoms with Gasteiger partial charge in [-0.3, -0.25) is 4.90 Å². The zero-order chi connectivity index (χ0) is 16.0. The van der Waals surface area contributed by atoms with Crippen LogP contribution in [0.1, 0.15) is 24.3 Å². The van der Waals surface area contributed by atoms with Crippen LogP contribution in [0, 0.1) is 0 Å². The summed E-state index contributed by atoms with van der Waals surface area (Å²) in [6.45, 7) is 6.77. The average Bonchev–Trinajstić information content (AvgIpc) is 3.01. The third kappa shape index (κ3) is 5.29. The SMILES string of the molecule is CCCNS(=O)(=O)NCC(c1cccs1)N1CCN(C)CC1. The van der Waals surface area contributed by atoms with Crippen molar-refractivity contribution in [2.24, 2.45) is 0 Å². The van der Waals surface area contributed by atoms with E-state index in [0.717, 1.165) is 32.6 Å². The highest BCUT2D eigenvalue weighted by atomic mass is 32.2. The average molecular weight is 347 g/mol. The highest BCUT2D eigenvalue weighted by Crippen LogP contribution is 2.25. The maximum atomic E-state index is 12.0. The molecule has 126 valence electrons. The van der Waals surface area contributed by atoms with Crippen LogP contribution < -0.4 is 9.44 Å². The smallest absolute Gasteiger partial charge is 0.276 e. The minimum atomic E-state index is -3.41. The summed E-state index contributed by atoms with van der Waals surface area (Å²) in [5.74, 6) is 0. The quantitative estimate of drug-likeness (QED) is 0.733. The number of nitrogens with zero attached hydrogens (tertiary/aromatic N) is 2. The molecular weight excluding hydrogens is 320 g/mol. The summed E-state index contributed by atoms with van der Waals surface area (Å²) in [5.41, 5.74) is 0. The predicted molar refractivity (Wildman–Crippen MR) is 91.3 cm³/mol. The topological polar surface area (TPSA) is 64.7 Å². The van der Waals surface area contributed by atoms with Gasteiger partial charge in [-0.1, -0.05) is 13.0 Å². The Morgan fingerprint density at radius 3 is 2.59 bits per heavy atom. The number of piperazine rings is 1. The highest BCUT2D eigenvalue weighted by Gasteiger charge is 2.25. The van der Waals surface area contributed by atoms with Gasteiger partial charge in [0.2, 0.25) is 0 Å². The molecule has 0 radical (unpaired) electrons. The van der Waals surface area contributed by atoms with E-state index in [2.05, 4.69) is 32.4 Å². The number of likely N-dealkylation sites (N-methyl/N-ethyl adjacent to an activating group) is 1. The Kier molecular flexibility index (Phi) is 6.79. The van der Waals surface area contributed by atoms with Gasteiger partial charge in [0.15, 0.2) is 0 Å². The number of hydrogen-bond donors (Lipinski definition) is 2. The van der Waals surface area contributed by atoms with Gasteiger partial charge in [0.05, 0.1) is 6.04 Å². The van der Waals surface area contributed by atoms with Crippen molar-refractivity contribution in [3.63, 3.8) is 0 Å².